The first-order chi connectivity index (χ1) is 16.3. The number of rotatable bonds is 15. The van der Waals surface area contributed by atoms with Gasteiger partial charge in [-0.25, -0.2) is 9.97 Å². The van der Waals surface area contributed by atoms with E-state index in [2.05, 4.69) is 72.3 Å². The number of nitrogens with zero attached hydrogens (tertiary/aromatic N) is 2. The molecular weight excluding hydrogens is 408 g/mol. The minimum absolute atomic E-state index is 0.718. The van der Waals surface area contributed by atoms with Crippen molar-refractivity contribution < 1.29 is 9.47 Å². The molecule has 1 aromatic heterocycles. The van der Waals surface area contributed by atoms with Crippen LogP contribution in [0.1, 0.15) is 64.4 Å². The summed E-state index contributed by atoms with van der Waals surface area (Å²) in [5.74, 6) is 1.46. The summed E-state index contributed by atoms with van der Waals surface area (Å²) in [5.41, 5.74) is 4.70. The molecule has 0 saturated carbocycles. The van der Waals surface area contributed by atoms with Gasteiger partial charge in [0.05, 0.1) is 25.6 Å². The standard InChI is InChI=1S/C29H38N2O2/c1-3-5-6-7-8-9-20-33-28-22-30-29(31-23-28)27-16-14-26(15-17-27)25-12-10-24(11-13-25)18-21-32-19-4-2/h10-17,22-23H,3-9,18-21H2,1-2H3. The number of aromatic nitrogens is 2. The molecule has 0 spiro atoms. The van der Waals surface area contributed by atoms with Crippen molar-refractivity contribution in [1.29, 1.82) is 0 Å². The zero-order valence-corrected chi connectivity index (χ0v) is 20.3. The molecule has 0 aliphatic carbocycles. The van der Waals surface area contributed by atoms with Crippen molar-refractivity contribution in [2.24, 2.45) is 0 Å². The average molecular weight is 447 g/mol. The summed E-state index contributed by atoms with van der Waals surface area (Å²) in [6.07, 6.45) is 13.1. The number of unbranched alkanes of at least 4 members (excludes halogenated alkanes) is 5. The second-order valence-electron chi connectivity index (χ2n) is 8.50. The van der Waals surface area contributed by atoms with E-state index in [-0.39, 0.29) is 0 Å². The highest BCUT2D eigenvalue weighted by molar-refractivity contribution is 5.67. The third-order valence-electron chi connectivity index (χ3n) is 5.71. The van der Waals surface area contributed by atoms with Crippen LogP contribution in [0.25, 0.3) is 22.5 Å². The Hall–Kier alpha value is -2.72. The average Bonchev–Trinajstić information content (AvgIpc) is 2.87. The van der Waals surface area contributed by atoms with Gasteiger partial charge >= 0.3 is 0 Å². The fraction of sp³-hybridized carbons (Fsp3) is 0.448. The Balaban J connectivity index is 1.47. The maximum atomic E-state index is 5.79. The van der Waals surface area contributed by atoms with Crippen molar-refractivity contribution in [3.8, 4) is 28.3 Å². The van der Waals surface area contributed by atoms with Crippen molar-refractivity contribution in [3.05, 3.63) is 66.5 Å². The minimum Gasteiger partial charge on any atom is -0.490 e. The zero-order chi connectivity index (χ0) is 23.1. The highest BCUT2D eigenvalue weighted by Gasteiger charge is 2.04. The summed E-state index contributed by atoms with van der Waals surface area (Å²) in [4.78, 5) is 8.99. The van der Waals surface area contributed by atoms with E-state index < -0.39 is 0 Å². The van der Waals surface area contributed by atoms with Gasteiger partial charge in [-0.05, 0) is 36.0 Å². The third-order valence-corrected chi connectivity index (χ3v) is 5.71. The van der Waals surface area contributed by atoms with E-state index in [9.17, 15) is 0 Å². The first-order valence-corrected chi connectivity index (χ1v) is 12.5. The SMILES string of the molecule is CCCCCCCCOc1cnc(-c2ccc(-c3ccc(CCOCCC)cc3)cc2)nc1. The zero-order valence-electron chi connectivity index (χ0n) is 20.3. The summed E-state index contributed by atoms with van der Waals surface area (Å²) in [6, 6.07) is 17.1. The van der Waals surface area contributed by atoms with E-state index in [0.29, 0.717) is 0 Å². The van der Waals surface area contributed by atoms with Crippen molar-refractivity contribution in [2.75, 3.05) is 19.8 Å². The number of benzene rings is 2. The number of ether oxygens (including phenoxy) is 2. The quantitative estimate of drug-likeness (QED) is 0.226. The molecule has 4 heteroatoms. The van der Waals surface area contributed by atoms with Gasteiger partial charge in [0.15, 0.2) is 11.6 Å². The van der Waals surface area contributed by atoms with Gasteiger partial charge in [-0.15, -0.1) is 0 Å². The third kappa shape index (κ3) is 8.62. The minimum atomic E-state index is 0.718. The van der Waals surface area contributed by atoms with Gasteiger partial charge in [-0.1, -0.05) is 94.5 Å². The van der Waals surface area contributed by atoms with E-state index in [4.69, 9.17) is 9.47 Å². The lowest BCUT2D eigenvalue weighted by Gasteiger charge is -2.08. The first kappa shape index (κ1) is 24.9. The molecule has 0 aliphatic heterocycles. The van der Waals surface area contributed by atoms with Crippen molar-refractivity contribution in [1.82, 2.24) is 9.97 Å². The van der Waals surface area contributed by atoms with E-state index in [0.717, 1.165) is 56.2 Å². The summed E-state index contributed by atoms with van der Waals surface area (Å²) < 4.78 is 11.4. The topological polar surface area (TPSA) is 44.2 Å². The van der Waals surface area contributed by atoms with Crippen molar-refractivity contribution in [3.63, 3.8) is 0 Å². The van der Waals surface area contributed by atoms with Gasteiger partial charge in [0, 0.05) is 12.2 Å². The molecule has 0 saturated heterocycles. The molecule has 0 amide bonds. The molecule has 0 aliphatic rings. The van der Waals surface area contributed by atoms with Gasteiger partial charge in [0.2, 0.25) is 0 Å². The molecule has 0 radical (unpaired) electrons. The smallest absolute Gasteiger partial charge is 0.159 e. The van der Waals surface area contributed by atoms with E-state index in [1.54, 1.807) is 12.4 Å². The molecule has 33 heavy (non-hydrogen) atoms. The predicted molar refractivity (Wildman–Crippen MR) is 137 cm³/mol. The van der Waals surface area contributed by atoms with Crippen LogP contribution in [0.2, 0.25) is 0 Å². The van der Waals surface area contributed by atoms with Gasteiger partial charge in [-0.2, -0.15) is 0 Å². The maximum absolute atomic E-state index is 5.79. The molecule has 1 heterocycles. The number of hydrogen-bond acceptors (Lipinski definition) is 4. The monoisotopic (exact) mass is 446 g/mol. The molecule has 0 atom stereocenters. The van der Waals surface area contributed by atoms with E-state index in [1.165, 1.54) is 48.8 Å². The molecule has 3 aromatic rings. The molecular formula is C29H38N2O2. The summed E-state index contributed by atoms with van der Waals surface area (Å²) in [6.45, 7) is 6.72. The lowest BCUT2D eigenvalue weighted by molar-refractivity contribution is 0.138. The van der Waals surface area contributed by atoms with Crippen LogP contribution < -0.4 is 4.74 Å². The molecule has 4 nitrogen and oxygen atoms in total. The molecule has 0 N–H and O–H groups in total. The maximum Gasteiger partial charge on any atom is 0.159 e. The Morgan fingerprint density at radius 2 is 1.21 bits per heavy atom. The van der Waals surface area contributed by atoms with Crippen LogP contribution in [0, 0.1) is 0 Å². The van der Waals surface area contributed by atoms with Crippen LogP contribution in [0.3, 0.4) is 0 Å². The van der Waals surface area contributed by atoms with Gasteiger partial charge in [-0.3, -0.25) is 0 Å². The molecule has 176 valence electrons. The van der Waals surface area contributed by atoms with Crippen molar-refractivity contribution in [2.45, 2.75) is 65.2 Å². The Bertz CT molecular complexity index is 906. The van der Waals surface area contributed by atoms with Crippen molar-refractivity contribution >= 4 is 0 Å². The van der Waals surface area contributed by atoms with Crippen LogP contribution in [-0.4, -0.2) is 29.8 Å². The van der Waals surface area contributed by atoms with Crippen LogP contribution >= 0.6 is 0 Å². The normalized spacial score (nSPS) is 11.0. The predicted octanol–water partition coefficient (Wildman–Crippen LogP) is 7.52. The Labute approximate surface area is 199 Å². The molecule has 0 unspecified atom stereocenters. The van der Waals surface area contributed by atoms with E-state index in [1.807, 2.05) is 0 Å². The highest BCUT2D eigenvalue weighted by Crippen LogP contribution is 2.24. The fourth-order valence-corrected chi connectivity index (χ4v) is 3.72. The van der Waals surface area contributed by atoms with Crippen LogP contribution in [-0.2, 0) is 11.2 Å². The molecule has 2 aromatic carbocycles. The Morgan fingerprint density at radius 1 is 0.606 bits per heavy atom. The van der Waals surface area contributed by atoms with E-state index >= 15 is 0 Å². The van der Waals surface area contributed by atoms with Gasteiger partial charge in [0.1, 0.15) is 0 Å². The van der Waals surface area contributed by atoms with Gasteiger partial charge < -0.3 is 9.47 Å². The number of hydrogen-bond donors (Lipinski definition) is 0. The highest BCUT2D eigenvalue weighted by atomic mass is 16.5. The Morgan fingerprint density at radius 3 is 1.88 bits per heavy atom. The molecule has 3 rings (SSSR count). The van der Waals surface area contributed by atoms with Gasteiger partial charge in [0.25, 0.3) is 0 Å². The second-order valence-corrected chi connectivity index (χ2v) is 8.50. The van der Waals surface area contributed by atoms with Crippen LogP contribution in [0.5, 0.6) is 5.75 Å². The summed E-state index contributed by atoms with van der Waals surface area (Å²) >= 11 is 0. The van der Waals surface area contributed by atoms with Crippen LogP contribution in [0.15, 0.2) is 60.9 Å². The molecule has 0 fully saturated rings. The largest absolute Gasteiger partial charge is 0.490 e. The summed E-state index contributed by atoms with van der Waals surface area (Å²) in [7, 11) is 0. The van der Waals surface area contributed by atoms with Crippen LogP contribution in [0.4, 0.5) is 0 Å². The molecule has 0 bridgehead atoms. The summed E-state index contributed by atoms with van der Waals surface area (Å²) in [5, 5.41) is 0. The lowest BCUT2D eigenvalue weighted by Crippen LogP contribution is -1.99. The fourth-order valence-electron chi connectivity index (χ4n) is 3.72. The second kappa shape index (κ2) is 14.4. The first-order valence-electron chi connectivity index (χ1n) is 12.5. The lowest BCUT2D eigenvalue weighted by atomic mass is 10.0. The Kier molecular flexibility index (Phi) is 10.9.